The molecule has 0 unspecified atom stereocenters. The van der Waals surface area contributed by atoms with Crippen molar-refractivity contribution in [2.24, 2.45) is 10.1 Å². The number of fused-ring (bicyclic) bond motifs is 1. The van der Waals surface area contributed by atoms with Gasteiger partial charge in [0.05, 0.1) is 12.4 Å². The Labute approximate surface area is 62.5 Å². The second-order valence-electron chi connectivity index (χ2n) is 1.95. The molecular weight excluding hydrogens is 152 g/mol. The van der Waals surface area contributed by atoms with Crippen molar-refractivity contribution >= 4 is 29.8 Å². The van der Waals surface area contributed by atoms with Gasteiger partial charge in [-0.05, 0) is 12.2 Å². The highest BCUT2D eigenvalue weighted by molar-refractivity contribution is 7.80. The van der Waals surface area contributed by atoms with Crippen molar-refractivity contribution < 1.29 is 9.57 Å². The zero-order valence-corrected chi connectivity index (χ0v) is 5.75. The van der Waals surface area contributed by atoms with E-state index in [-0.39, 0.29) is 17.4 Å². The number of hydrogen-bond acceptors (Lipinski definition) is 4. The van der Waals surface area contributed by atoms with Crippen LogP contribution in [0.1, 0.15) is 0 Å². The van der Waals surface area contributed by atoms with E-state index in [1.54, 1.807) is 12.4 Å². The second-order valence-corrected chi connectivity index (χ2v) is 2.30. The Kier molecular flexibility index (Phi) is 1.17. The molecule has 0 aromatic carbocycles. The molecule has 5 heteroatoms. The summed E-state index contributed by atoms with van der Waals surface area (Å²) in [4.78, 5) is 8.59. The fourth-order valence-electron chi connectivity index (χ4n) is 0.801. The van der Waals surface area contributed by atoms with Crippen LogP contribution in [0.4, 0.5) is 0 Å². The quantitative estimate of drug-likeness (QED) is 0.468. The van der Waals surface area contributed by atoms with Crippen LogP contribution < -0.4 is 0 Å². The topological polar surface area (TPSA) is 43.2 Å². The summed E-state index contributed by atoms with van der Waals surface area (Å²) in [6.45, 7) is 0. The van der Waals surface area contributed by atoms with E-state index in [4.69, 9.17) is 21.8 Å². The van der Waals surface area contributed by atoms with Gasteiger partial charge in [-0.3, -0.25) is 0 Å². The van der Waals surface area contributed by atoms with Gasteiger partial charge in [-0.15, -0.1) is 0 Å². The summed E-state index contributed by atoms with van der Waals surface area (Å²) in [5.74, 6) is 0. The van der Waals surface area contributed by atoms with Crippen LogP contribution in [0.25, 0.3) is 0 Å². The zero-order valence-electron chi connectivity index (χ0n) is 4.93. The fourth-order valence-corrected chi connectivity index (χ4v) is 0.973. The first-order chi connectivity index (χ1) is 4.86. The van der Waals surface area contributed by atoms with Gasteiger partial charge in [-0.1, -0.05) is 5.16 Å². The van der Waals surface area contributed by atoms with Gasteiger partial charge in [-0.25, -0.2) is 4.99 Å². The molecule has 0 aromatic heterocycles. The van der Waals surface area contributed by atoms with Crippen LogP contribution in [0, 0.1) is 0 Å². The Hall–Kier alpha value is -0.970. The first-order valence-electron chi connectivity index (χ1n) is 2.80. The first-order valence-corrected chi connectivity index (χ1v) is 3.21. The minimum atomic E-state index is -0.174. The van der Waals surface area contributed by atoms with Gasteiger partial charge in [0.15, 0.2) is 6.10 Å². The highest BCUT2D eigenvalue weighted by Crippen LogP contribution is 2.12. The molecule has 4 nitrogen and oxygen atoms in total. The van der Waals surface area contributed by atoms with Gasteiger partial charge in [0.1, 0.15) is 0 Å². The minimum Gasteiger partial charge on any atom is -0.456 e. The molecule has 0 aromatic rings. The third kappa shape index (κ3) is 0.786. The predicted molar refractivity (Wildman–Crippen MR) is 39.3 cm³/mol. The normalized spacial score (nSPS) is 35.0. The maximum Gasteiger partial charge on any atom is 0.283 e. The van der Waals surface area contributed by atoms with Gasteiger partial charge in [0.25, 0.3) is 5.17 Å². The van der Waals surface area contributed by atoms with E-state index in [9.17, 15) is 0 Å². The van der Waals surface area contributed by atoms with Crippen LogP contribution >= 0.6 is 12.2 Å². The molecule has 52 valence electrons. The van der Waals surface area contributed by atoms with Gasteiger partial charge in [0, 0.05) is 0 Å². The monoisotopic (exact) mass is 156 g/mol. The summed E-state index contributed by atoms with van der Waals surface area (Å²) < 4.78 is 5.07. The molecule has 0 saturated carbocycles. The predicted octanol–water partition coefficient (Wildman–Crippen LogP) is 0.126. The number of nitrogens with zero attached hydrogens (tertiary/aromatic N) is 2. The number of thiocarbonyl (C=S) groups is 1. The van der Waals surface area contributed by atoms with E-state index in [0.29, 0.717) is 0 Å². The number of aliphatic imine (C=N–C) groups is 1. The molecule has 2 atom stereocenters. The lowest BCUT2D eigenvalue weighted by molar-refractivity contribution is 0.0705. The summed E-state index contributed by atoms with van der Waals surface area (Å²) in [7, 11) is 0. The van der Waals surface area contributed by atoms with E-state index in [0.717, 1.165) is 0 Å². The van der Waals surface area contributed by atoms with E-state index in [1.807, 2.05) is 0 Å². The molecule has 0 aliphatic carbocycles. The molecule has 0 bridgehead atoms. The molecule has 0 saturated heterocycles. The number of oxime groups is 1. The molecule has 0 radical (unpaired) electrons. The van der Waals surface area contributed by atoms with Crippen molar-refractivity contribution in [3.8, 4) is 0 Å². The average molecular weight is 156 g/mol. The fraction of sp³-hybridized carbons (Fsp3) is 0.400. The molecule has 10 heavy (non-hydrogen) atoms. The second kappa shape index (κ2) is 2.02. The van der Waals surface area contributed by atoms with E-state index >= 15 is 0 Å². The van der Waals surface area contributed by atoms with E-state index in [1.165, 1.54) is 0 Å². The SMILES string of the molecule is S=C1N=C[C@@H]2ON=C[C@@H]2O1. The summed E-state index contributed by atoms with van der Waals surface area (Å²) in [5.41, 5.74) is 0. The Balaban J connectivity index is 2.22. The van der Waals surface area contributed by atoms with Crippen LogP contribution in [-0.4, -0.2) is 29.8 Å². The van der Waals surface area contributed by atoms with Crippen molar-refractivity contribution in [1.82, 2.24) is 0 Å². The summed E-state index contributed by atoms with van der Waals surface area (Å²) in [6, 6.07) is 0. The van der Waals surface area contributed by atoms with Crippen molar-refractivity contribution in [3.05, 3.63) is 0 Å². The number of hydrogen-bond donors (Lipinski definition) is 0. The smallest absolute Gasteiger partial charge is 0.283 e. The Morgan fingerprint density at radius 1 is 1.40 bits per heavy atom. The lowest BCUT2D eigenvalue weighted by atomic mass is 10.2. The third-order valence-electron chi connectivity index (χ3n) is 1.28. The van der Waals surface area contributed by atoms with Gasteiger partial charge >= 0.3 is 0 Å². The van der Waals surface area contributed by atoms with Crippen LogP contribution in [0.15, 0.2) is 10.1 Å². The summed E-state index contributed by atoms with van der Waals surface area (Å²) in [5, 5.41) is 3.81. The molecule has 2 heterocycles. The highest BCUT2D eigenvalue weighted by Gasteiger charge is 2.30. The molecule has 2 rings (SSSR count). The van der Waals surface area contributed by atoms with Crippen LogP contribution in [0.5, 0.6) is 0 Å². The number of rotatable bonds is 0. The van der Waals surface area contributed by atoms with Crippen molar-refractivity contribution in [2.75, 3.05) is 0 Å². The molecule has 0 N–H and O–H groups in total. The summed E-state index contributed by atoms with van der Waals surface area (Å²) in [6.07, 6.45) is 2.84. The van der Waals surface area contributed by atoms with Crippen LogP contribution in [0.2, 0.25) is 0 Å². The van der Waals surface area contributed by atoms with E-state index in [2.05, 4.69) is 10.1 Å². The van der Waals surface area contributed by atoms with Gasteiger partial charge in [-0.2, -0.15) is 0 Å². The van der Waals surface area contributed by atoms with E-state index < -0.39 is 0 Å². The lowest BCUT2D eigenvalue weighted by Crippen LogP contribution is -2.33. The molecular formula is C5H4N2O2S. The average Bonchev–Trinajstić information content (AvgIpc) is 2.33. The van der Waals surface area contributed by atoms with Gasteiger partial charge in [0.2, 0.25) is 6.10 Å². The zero-order chi connectivity index (χ0) is 6.97. The van der Waals surface area contributed by atoms with Gasteiger partial charge < -0.3 is 9.57 Å². The Morgan fingerprint density at radius 2 is 2.30 bits per heavy atom. The Bertz CT molecular complexity index is 226. The maximum absolute atomic E-state index is 5.07. The Morgan fingerprint density at radius 3 is 3.20 bits per heavy atom. The third-order valence-corrected chi connectivity index (χ3v) is 1.48. The largest absolute Gasteiger partial charge is 0.456 e. The highest BCUT2D eigenvalue weighted by atomic mass is 32.1. The standard InChI is InChI=1S/C5H4N2O2S/c10-5-6-1-4-3(8-5)2-7-9-4/h1-4H/t3-,4-/m0/s1. The first kappa shape index (κ1) is 5.79. The molecule has 0 spiro atoms. The van der Waals surface area contributed by atoms with Crippen molar-refractivity contribution in [3.63, 3.8) is 0 Å². The lowest BCUT2D eigenvalue weighted by Gasteiger charge is -2.16. The maximum atomic E-state index is 5.07. The number of ether oxygens (including phenoxy) is 1. The molecule has 0 fully saturated rings. The van der Waals surface area contributed by atoms with Crippen molar-refractivity contribution in [2.45, 2.75) is 12.2 Å². The molecule has 2 aliphatic heterocycles. The molecule has 0 amide bonds. The minimum absolute atomic E-state index is 0.162. The van der Waals surface area contributed by atoms with Crippen molar-refractivity contribution in [1.29, 1.82) is 0 Å². The molecule has 2 aliphatic rings. The summed E-state index contributed by atoms with van der Waals surface area (Å²) >= 11 is 4.69. The van der Waals surface area contributed by atoms with Crippen LogP contribution in [-0.2, 0) is 9.57 Å². The van der Waals surface area contributed by atoms with Crippen LogP contribution in [0.3, 0.4) is 0 Å².